The Morgan fingerprint density at radius 1 is 0.386 bits per heavy atom. The van der Waals surface area contributed by atoms with E-state index in [2.05, 4.69) is 66.5 Å². The number of aromatic hydroxyl groups is 3. The van der Waals surface area contributed by atoms with Crippen molar-refractivity contribution in [1.29, 1.82) is 0 Å². The average Bonchev–Trinajstić information content (AvgIpc) is 1.61. The first-order valence-electron chi connectivity index (χ1n) is 44.8. The molecule has 1 saturated heterocycles. The molecule has 750 valence electrons. The molecule has 8 heterocycles. The molecule has 8 aromatic carbocycles. The maximum atomic E-state index is 13.1. The quantitative estimate of drug-likeness (QED) is 0.00484. The SMILES string of the molecule is COC(=O)c1ccc(-c2cccc(N)c2O)o1.COC(=O)c1ccc(-c2cccc(N)c2OC)o1.COC(=O)c1ccc(-c2cccc(N=Nc3c(C)[nH]n(-c4ccc5c(c4)CCCC5)c3=O)c2O)o1.COC(=O)c1ccc(-c2cccc(N=Nc3c(C)[nH]n(-c4ccc5c(c4)CCCC5)c3=O)c2O)o1.COC(=O)c1ccc(-c2cccc([N+](=O)[O-])c2OC)o1.COc1c(B2OC(C)(C)C(C)(C)O2)cccc1[N+](=O)[O-]. The third kappa shape index (κ3) is 23.3. The van der Waals surface area contributed by atoms with E-state index in [0.29, 0.717) is 67.6 Å². The molecular formula is C103H101BN12O29. The number of anilines is 2. The molecule has 145 heavy (non-hydrogen) atoms. The molecule has 3 aliphatic rings. The minimum atomic E-state index is -0.685. The number of nitrogen functional groups attached to an aromatic ring is 2. The zero-order chi connectivity index (χ0) is 104. The number of hydrogen-bond acceptors (Lipinski definition) is 35. The highest BCUT2D eigenvalue weighted by Gasteiger charge is 2.53. The predicted molar refractivity (Wildman–Crippen MR) is 530 cm³/mol. The largest absolute Gasteiger partial charge is 0.505 e. The zero-order valence-electron chi connectivity index (χ0n) is 81.1. The molecule has 0 radical (unpaired) electrons. The maximum absolute atomic E-state index is 13.1. The lowest BCUT2D eigenvalue weighted by Gasteiger charge is -2.32. The third-order valence-corrected chi connectivity index (χ3v) is 23.7. The fourth-order valence-electron chi connectivity index (χ4n) is 15.6. The first-order valence-corrected chi connectivity index (χ1v) is 44.8. The Balaban J connectivity index is 0.000000150. The first-order chi connectivity index (χ1) is 69.5. The van der Waals surface area contributed by atoms with Gasteiger partial charge in [0.25, 0.3) is 11.1 Å². The first kappa shape index (κ1) is 104. The predicted octanol–water partition coefficient (Wildman–Crippen LogP) is 19.9. The number of nitro groups is 2. The molecule has 0 atom stereocenters. The van der Waals surface area contributed by atoms with Crippen LogP contribution in [0.15, 0.2) is 258 Å². The fraction of sp³-hybridized carbons (Fsp3) is 0.233. The number of benzene rings is 8. The second-order valence-electron chi connectivity index (χ2n) is 33.3. The van der Waals surface area contributed by atoms with E-state index in [4.69, 9.17) is 57.1 Å². The highest BCUT2D eigenvalue weighted by molar-refractivity contribution is 6.63. The Labute approximate surface area is 826 Å². The number of nitrogens with two attached hydrogens (primary N) is 2. The summed E-state index contributed by atoms with van der Waals surface area (Å²) in [5, 5.41) is 75.9. The van der Waals surface area contributed by atoms with Gasteiger partial charge in [-0.25, -0.2) is 33.3 Å². The van der Waals surface area contributed by atoms with Gasteiger partial charge in [0.2, 0.25) is 34.6 Å². The Hall–Kier alpha value is -18.1. The second kappa shape index (κ2) is 45.9. The van der Waals surface area contributed by atoms with Gasteiger partial charge in [-0.2, -0.15) is 0 Å². The summed E-state index contributed by atoms with van der Waals surface area (Å²) in [7, 11) is 9.88. The van der Waals surface area contributed by atoms with Crippen LogP contribution in [0.25, 0.3) is 68.0 Å². The monoisotopic (exact) mass is 1980 g/mol. The second-order valence-corrected chi connectivity index (χ2v) is 33.3. The van der Waals surface area contributed by atoms with E-state index in [-0.39, 0.29) is 126 Å². The van der Waals surface area contributed by atoms with Crippen LogP contribution in [0.1, 0.15) is 140 Å². The summed E-state index contributed by atoms with van der Waals surface area (Å²) in [5.41, 5.74) is 21.3. The smallest absolute Gasteiger partial charge is 0.498 e. The fourth-order valence-corrected chi connectivity index (χ4v) is 15.6. The van der Waals surface area contributed by atoms with Crippen molar-refractivity contribution >= 4 is 87.9 Å². The van der Waals surface area contributed by atoms with Crippen LogP contribution in [0, 0.1) is 34.1 Å². The van der Waals surface area contributed by atoms with E-state index < -0.39 is 58.0 Å². The number of esters is 5. The van der Waals surface area contributed by atoms with Gasteiger partial charge < -0.3 is 96.1 Å². The number of H-pyrrole nitrogens is 2. The Bertz CT molecular complexity index is 7280. The van der Waals surface area contributed by atoms with Crippen molar-refractivity contribution in [1.82, 2.24) is 19.6 Å². The number of phenolic OH excluding ortho intramolecular Hbond substituents is 3. The van der Waals surface area contributed by atoms with E-state index in [1.165, 1.54) is 150 Å². The van der Waals surface area contributed by atoms with Crippen molar-refractivity contribution in [2.24, 2.45) is 20.5 Å². The molecule has 15 aromatic rings. The van der Waals surface area contributed by atoms with Gasteiger partial charge in [0.05, 0.1) is 140 Å². The number of nitro benzene ring substituents is 2. The van der Waals surface area contributed by atoms with E-state index in [1.54, 1.807) is 135 Å². The van der Waals surface area contributed by atoms with Crippen LogP contribution in [0.5, 0.6) is 34.5 Å². The topological polar surface area (TPSA) is 567 Å². The van der Waals surface area contributed by atoms with Gasteiger partial charge in [0.1, 0.15) is 45.9 Å². The number of aryl methyl sites for hydroxylation is 6. The van der Waals surface area contributed by atoms with Crippen molar-refractivity contribution in [3.05, 3.63) is 310 Å². The lowest BCUT2D eigenvalue weighted by atomic mass is 9.78. The molecule has 1 fully saturated rings. The van der Waals surface area contributed by atoms with E-state index >= 15 is 0 Å². The highest BCUT2D eigenvalue weighted by Crippen LogP contribution is 2.45. The third-order valence-electron chi connectivity index (χ3n) is 23.7. The van der Waals surface area contributed by atoms with Crippen molar-refractivity contribution < 1.29 is 118 Å². The van der Waals surface area contributed by atoms with Crippen LogP contribution in [-0.4, -0.2) is 150 Å². The van der Waals surface area contributed by atoms with Crippen LogP contribution in [-0.2, 0) is 58.7 Å². The van der Waals surface area contributed by atoms with E-state index in [1.807, 2.05) is 52.0 Å². The number of furan rings is 5. The Morgan fingerprint density at radius 3 is 1.06 bits per heavy atom. The number of methoxy groups -OCH3 is 8. The molecule has 0 saturated carbocycles. The minimum absolute atomic E-state index is 0.0102. The number of ether oxygens (including phenoxy) is 8. The summed E-state index contributed by atoms with van der Waals surface area (Å²) >= 11 is 0. The molecular weight excluding hydrogens is 1880 g/mol. The number of aromatic nitrogens is 4. The zero-order valence-corrected chi connectivity index (χ0v) is 81.1. The molecule has 0 bridgehead atoms. The minimum Gasteiger partial charge on any atom is -0.505 e. The number of phenols is 3. The van der Waals surface area contributed by atoms with Gasteiger partial charge in [-0.1, -0.05) is 54.6 Å². The van der Waals surface area contributed by atoms with Crippen LogP contribution in [0.2, 0.25) is 0 Å². The molecule has 2 aliphatic carbocycles. The lowest BCUT2D eigenvalue weighted by Crippen LogP contribution is -2.41. The number of fused-ring (bicyclic) bond motifs is 2. The highest BCUT2D eigenvalue weighted by atomic mass is 16.7. The van der Waals surface area contributed by atoms with Gasteiger partial charge in [0, 0.05) is 17.6 Å². The van der Waals surface area contributed by atoms with E-state index in [9.17, 15) is 69.1 Å². The number of nitrogens with zero attached hydrogens (tertiary/aromatic N) is 8. The van der Waals surface area contributed by atoms with Crippen molar-refractivity contribution in [2.45, 2.75) is 104 Å². The Morgan fingerprint density at radius 2 is 0.697 bits per heavy atom. The summed E-state index contributed by atoms with van der Waals surface area (Å²) in [6, 6.07) is 56.4. The molecule has 0 spiro atoms. The molecule has 42 heteroatoms. The Kier molecular flexibility index (Phi) is 33.0. The molecule has 1 aliphatic heterocycles. The molecule has 41 nitrogen and oxygen atoms in total. The van der Waals surface area contributed by atoms with Crippen molar-refractivity contribution in [2.75, 3.05) is 68.3 Å². The van der Waals surface area contributed by atoms with Gasteiger partial charge >= 0.3 is 48.3 Å². The normalized spacial score (nSPS) is 13.0. The number of carbonyl (C=O) groups excluding carboxylic acids is 5. The van der Waals surface area contributed by atoms with Crippen LogP contribution < -0.4 is 42.3 Å². The molecule has 0 amide bonds. The summed E-state index contributed by atoms with van der Waals surface area (Å²) in [4.78, 5) is 104. The summed E-state index contributed by atoms with van der Waals surface area (Å²) < 4.78 is 80.1. The molecule has 0 unspecified atom stereocenters. The van der Waals surface area contributed by atoms with Gasteiger partial charge in [-0.05, 0) is 255 Å². The molecule has 7 aromatic heterocycles. The van der Waals surface area contributed by atoms with Gasteiger partial charge in [0.15, 0.2) is 34.4 Å². The number of rotatable bonds is 22. The maximum Gasteiger partial charge on any atom is 0.498 e. The number of carbonyl (C=O) groups is 5. The number of aromatic amines is 2. The number of nitrogens with one attached hydrogen (secondary N) is 2. The van der Waals surface area contributed by atoms with Crippen molar-refractivity contribution in [3.8, 4) is 102 Å². The number of hydrogen-bond donors (Lipinski definition) is 7. The number of para-hydroxylation sites is 6. The van der Waals surface area contributed by atoms with Crippen LogP contribution in [0.4, 0.5) is 45.5 Å². The molecule has 9 N–H and O–H groups in total. The van der Waals surface area contributed by atoms with Crippen molar-refractivity contribution in [3.63, 3.8) is 0 Å². The summed E-state index contributed by atoms with van der Waals surface area (Å²) in [6.45, 7) is 11.2. The lowest BCUT2D eigenvalue weighted by molar-refractivity contribution is -0.385. The molecule has 18 rings (SSSR count). The van der Waals surface area contributed by atoms with Crippen LogP contribution >= 0.6 is 0 Å². The van der Waals surface area contributed by atoms with E-state index in [0.717, 1.165) is 49.9 Å². The standard InChI is InChI=1S/2C26H24N4O5.C13H18BNO5.C13H11NO6.C13H13NO4.C12H11NO4/c2*1-15-23(25(32)30(29-15)18-11-10-16-6-3-4-7-17(16)14-18)28-27-20-9-5-8-19(24(20)31)21-12-13-22(35-21)26(33)34-2;1-12(2)13(3,4)20-14(19-12)9-7-6-8-10(15(16)17)11(9)18-5;1-18-12-8(4-3-5-9(12)14(16)17)10-6-7-11(20-10)13(15)19-2;1-16-12-8(4-3-5-9(12)14)10-6-7-11(18-10)13(15)17-2;1-16-12(15)10-6-5-9(17-10)7-3-2-4-8(13)11(7)14/h2*5,8-14,29,31H,3-4,6-7H2,1-2H3;6-8H,1-5H3;3-7H,1-2H3;3-7H,14H2,1-2H3;2-6,14H,13H2,1H3. The van der Waals surface area contributed by atoms with Crippen LogP contribution in [0.3, 0.4) is 0 Å². The average molecular weight is 1980 g/mol. The summed E-state index contributed by atoms with van der Waals surface area (Å²) in [5.74, 6) is -0.715. The summed E-state index contributed by atoms with van der Waals surface area (Å²) in [6.07, 6.45) is 8.85. The number of azo groups is 2. The van der Waals surface area contributed by atoms with Gasteiger partial charge in [-0.15, -0.1) is 20.5 Å². The van der Waals surface area contributed by atoms with Gasteiger partial charge in [-0.3, -0.25) is 40.0 Å².